The van der Waals surface area contributed by atoms with Crippen molar-refractivity contribution in [2.24, 2.45) is 0 Å². The lowest BCUT2D eigenvalue weighted by Gasteiger charge is -2.24. The zero-order valence-electron chi connectivity index (χ0n) is 7.55. The molecule has 3 nitrogen and oxygen atoms in total. The van der Waals surface area contributed by atoms with E-state index in [1.54, 1.807) is 13.2 Å². The SMILES string of the molecule is CC(=N)N(C)C(C)CS(C)=O. The van der Waals surface area contributed by atoms with Crippen LogP contribution in [0.2, 0.25) is 0 Å². The molecule has 0 fully saturated rings. The monoisotopic (exact) mass is 176 g/mol. The molecule has 0 heterocycles. The van der Waals surface area contributed by atoms with E-state index in [0.717, 1.165) is 0 Å². The van der Waals surface area contributed by atoms with Crippen LogP contribution in [0, 0.1) is 5.41 Å². The highest BCUT2D eigenvalue weighted by molar-refractivity contribution is 7.84. The molecule has 0 aliphatic heterocycles. The molecule has 0 spiro atoms. The fourth-order valence-electron chi connectivity index (χ4n) is 0.782. The predicted octanol–water partition coefficient (Wildman–Crippen LogP) is 0.682. The van der Waals surface area contributed by atoms with Crippen LogP contribution in [0.3, 0.4) is 0 Å². The molecule has 1 N–H and O–H groups in total. The summed E-state index contributed by atoms with van der Waals surface area (Å²) in [6.07, 6.45) is 1.68. The molecule has 0 amide bonds. The van der Waals surface area contributed by atoms with Gasteiger partial charge in [0.05, 0.1) is 5.84 Å². The van der Waals surface area contributed by atoms with E-state index in [1.807, 2.05) is 18.9 Å². The number of hydrogen-bond acceptors (Lipinski definition) is 2. The number of rotatable bonds is 3. The average molecular weight is 176 g/mol. The van der Waals surface area contributed by atoms with Crippen molar-refractivity contribution in [1.29, 1.82) is 5.41 Å². The van der Waals surface area contributed by atoms with Gasteiger partial charge in [0.15, 0.2) is 0 Å². The first-order valence-electron chi connectivity index (χ1n) is 3.53. The van der Waals surface area contributed by atoms with Gasteiger partial charge in [-0.3, -0.25) is 9.62 Å². The Labute approximate surface area is 70.7 Å². The summed E-state index contributed by atoms with van der Waals surface area (Å²) in [5.74, 6) is 1.15. The molecule has 0 rings (SSSR count). The lowest BCUT2D eigenvalue weighted by molar-refractivity contribution is 0.416. The van der Waals surface area contributed by atoms with Crippen LogP contribution in [-0.2, 0) is 10.8 Å². The maximum Gasteiger partial charge on any atom is 0.0925 e. The molecule has 66 valence electrons. The zero-order chi connectivity index (χ0) is 9.02. The number of nitrogens with zero attached hydrogens (tertiary/aromatic N) is 1. The molecule has 0 aliphatic rings. The van der Waals surface area contributed by atoms with Crippen molar-refractivity contribution in [3.05, 3.63) is 0 Å². The van der Waals surface area contributed by atoms with E-state index in [0.29, 0.717) is 11.6 Å². The van der Waals surface area contributed by atoms with Crippen molar-refractivity contribution in [3.63, 3.8) is 0 Å². The van der Waals surface area contributed by atoms with Gasteiger partial charge in [-0.15, -0.1) is 0 Å². The van der Waals surface area contributed by atoms with Crippen molar-refractivity contribution in [1.82, 2.24) is 4.90 Å². The van der Waals surface area contributed by atoms with E-state index in [-0.39, 0.29) is 6.04 Å². The summed E-state index contributed by atoms with van der Waals surface area (Å²) in [5, 5.41) is 7.30. The van der Waals surface area contributed by atoms with E-state index in [2.05, 4.69) is 0 Å². The predicted molar refractivity (Wildman–Crippen MR) is 49.6 cm³/mol. The molecule has 4 heteroatoms. The van der Waals surface area contributed by atoms with Gasteiger partial charge in [-0.1, -0.05) is 0 Å². The van der Waals surface area contributed by atoms with E-state index in [4.69, 9.17) is 5.41 Å². The number of amidine groups is 1. The number of nitrogens with one attached hydrogen (secondary N) is 1. The minimum Gasteiger partial charge on any atom is -0.360 e. The summed E-state index contributed by atoms with van der Waals surface area (Å²) >= 11 is 0. The molecule has 0 radical (unpaired) electrons. The molecule has 0 bridgehead atoms. The molecule has 0 aromatic carbocycles. The second-order valence-electron chi connectivity index (χ2n) is 2.79. The van der Waals surface area contributed by atoms with E-state index in [9.17, 15) is 4.21 Å². The van der Waals surface area contributed by atoms with Crippen LogP contribution in [0.15, 0.2) is 0 Å². The maximum atomic E-state index is 10.8. The van der Waals surface area contributed by atoms with Crippen molar-refractivity contribution in [2.45, 2.75) is 19.9 Å². The molecule has 2 atom stereocenters. The molecule has 11 heavy (non-hydrogen) atoms. The summed E-state index contributed by atoms with van der Waals surface area (Å²) in [4.78, 5) is 1.82. The topological polar surface area (TPSA) is 44.2 Å². The van der Waals surface area contributed by atoms with Gasteiger partial charge in [-0.05, 0) is 13.8 Å². The lowest BCUT2D eigenvalue weighted by atomic mass is 10.3. The van der Waals surface area contributed by atoms with E-state index in [1.165, 1.54) is 0 Å². The Kier molecular flexibility index (Phi) is 4.33. The smallest absolute Gasteiger partial charge is 0.0925 e. The molecule has 2 unspecified atom stereocenters. The minimum absolute atomic E-state index is 0.193. The first kappa shape index (κ1) is 10.6. The Balaban J connectivity index is 3.92. The second kappa shape index (κ2) is 4.49. The van der Waals surface area contributed by atoms with Gasteiger partial charge in [0.2, 0.25) is 0 Å². The van der Waals surface area contributed by atoms with Gasteiger partial charge in [0, 0.05) is 35.9 Å². The fraction of sp³-hybridized carbons (Fsp3) is 0.857. The summed E-state index contributed by atoms with van der Waals surface area (Å²) in [5.41, 5.74) is 0. The summed E-state index contributed by atoms with van der Waals surface area (Å²) < 4.78 is 10.8. The summed E-state index contributed by atoms with van der Waals surface area (Å²) in [6.45, 7) is 3.70. The molecular formula is C7H16N2OS. The Morgan fingerprint density at radius 2 is 2.18 bits per heavy atom. The summed E-state index contributed by atoms with van der Waals surface area (Å²) in [7, 11) is 1.08. The maximum absolute atomic E-state index is 10.8. The number of hydrogen-bond donors (Lipinski definition) is 1. The second-order valence-corrected chi connectivity index (χ2v) is 4.26. The fourth-order valence-corrected chi connectivity index (χ4v) is 1.69. The van der Waals surface area contributed by atoms with Gasteiger partial charge in [0.1, 0.15) is 0 Å². The van der Waals surface area contributed by atoms with Crippen LogP contribution in [-0.4, -0.2) is 40.0 Å². The molecule has 0 aliphatic carbocycles. The highest BCUT2D eigenvalue weighted by Gasteiger charge is 2.10. The third-order valence-corrected chi connectivity index (χ3v) is 2.62. The third-order valence-electron chi connectivity index (χ3n) is 1.67. The van der Waals surface area contributed by atoms with Crippen molar-refractivity contribution < 1.29 is 4.21 Å². The zero-order valence-corrected chi connectivity index (χ0v) is 8.36. The normalized spacial score (nSPS) is 15.6. The van der Waals surface area contributed by atoms with Crippen LogP contribution >= 0.6 is 0 Å². The van der Waals surface area contributed by atoms with Gasteiger partial charge in [-0.2, -0.15) is 0 Å². The Hall–Kier alpha value is -0.380. The van der Waals surface area contributed by atoms with Crippen LogP contribution in [0.4, 0.5) is 0 Å². The molecule has 0 saturated carbocycles. The molecule has 0 aromatic heterocycles. The first-order valence-corrected chi connectivity index (χ1v) is 5.26. The molecule has 0 saturated heterocycles. The summed E-state index contributed by atoms with van der Waals surface area (Å²) in [6, 6.07) is 0.193. The van der Waals surface area contributed by atoms with Crippen LogP contribution in [0.1, 0.15) is 13.8 Å². The standard InChI is InChI=1S/C7H16N2OS/c1-6(5-11(4)10)9(3)7(2)8/h6,8H,5H2,1-4H3. The lowest BCUT2D eigenvalue weighted by Crippen LogP contribution is -2.36. The Morgan fingerprint density at radius 1 is 1.73 bits per heavy atom. The largest absolute Gasteiger partial charge is 0.360 e. The van der Waals surface area contributed by atoms with E-state index >= 15 is 0 Å². The first-order chi connectivity index (χ1) is 4.95. The van der Waals surface area contributed by atoms with Gasteiger partial charge >= 0.3 is 0 Å². The Morgan fingerprint density at radius 3 is 2.45 bits per heavy atom. The average Bonchev–Trinajstić information content (AvgIpc) is 1.84. The van der Waals surface area contributed by atoms with Crippen LogP contribution in [0.5, 0.6) is 0 Å². The highest BCUT2D eigenvalue weighted by Crippen LogP contribution is 1.97. The minimum atomic E-state index is -0.771. The van der Waals surface area contributed by atoms with Gasteiger partial charge in [-0.25, -0.2) is 0 Å². The van der Waals surface area contributed by atoms with Gasteiger partial charge < -0.3 is 4.90 Å². The third kappa shape index (κ3) is 4.14. The molecule has 0 aromatic rings. The quantitative estimate of drug-likeness (QED) is 0.508. The van der Waals surface area contributed by atoms with Crippen LogP contribution in [0.25, 0.3) is 0 Å². The molecular weight excluding hydrogens is 160 g/mol. The van der Waals surface area contributed by atoms with Crippen molar-refractivity contribution in [3.8, 4) is 0 Å². The Bertz CT molecular complexity index is 170. The highest BCUT2D eigenvalue weighted by atomic mass is 32.2. The van der Waals surface area contributed by atoms with Crippen LogP contribution < -0.4 is 0 Å². The van der Waals surface area contributed by atoms with Crippen molar-refractivity contribution in [2.75, 3.05) is 19.1 Å². The van der Waals surface area contributed by atoms with E-state index < -0.39 is 10.8 Å². The van der Waals surface area contributed by atoms with Gasteiger partial charge in [0.25, 0.3) is 0 Å². The van der Waals surface area contributed by atoms with Crippen molar-refractivity contribution >= 4 is 16.6 Å².